The van der Waals surface area contributed by atoms with Gasteiger partial charge >= 0.3 is 0 Å². The highest BCUT2D eigenvalue weighted by molar-refractivity contribution is 5.98. The molecule has 1 heterocycles. The molecule has 1 aliphatic heterocycles. The van der Waals surface area contributed by atoms with Gasteiger partial charge in [-0.3, -0.25) is 14.5 Å². The van der Waals surface area contributed by atoms with Crippen molar-refractivity contribution in [2.75, 3.05) is 13.1 Å². The molecule has 0 aromatic carbocycles. The molecule has 0 aromatic heterocycles. The quantitative estimate of drug-likeness (QED) is 0.762. The monoisotopic (exact) mass is 254 g/mol. The van der Waals surface area contributed by atoms with E-state index in [4.69, 9.17) is 5.73 Å². The maximum Gasteiger partial charge on any atom is 0.229 e. The lowest BCUT2D eigenvalue weighted by Gasteiger charge is -2.35. The van der Waals surface area contributed by atoms with E-state index in [0.29, 0.717) is 25.9 Å². The van der Waals surface area contributed by atoms with Crippen molar-refractivity contribution in [3.8, 4) is 0 Å². The topological polar surface area (TPSA) is 63.4 Å². The Bertz CT molecular complexity index is 315. The van der Waals surface area contributed by atoms with Gasteiger partial charge in [0.15, 0.2) is 0 Å². The van der Waals surface area contributed by atoms with E-state index in [1.54, 1.807) is 0 Å². The standard InChI is InChI=1S/C14H26N2O2/c1-13(2,10-15)6-5-7-16-11(17)8-14(3,4)9-12(16)18/h5-10,15H2,1-4H3. The van der Waals surface area contributed by atoms with Crippen LogP contribution in [0.15, 0.2) is 0 Å². The van der Waals surface area contributed by atoms with Crippen molar-refractivity contribution in [3.63, 3.8) is 0 Å². The van der Waals surface area contributed by atoms with E-state index in [9.17, 15) is 9.59 Å². The number of rotatable bonds is 5. The third kappa shape index (κ3) is 4.09. The molecule has 1 fully saturated rings. The summed E-state index contributed by atoms with van der Waals surface area (Å²) in [6.07, 6.45) is 2.71. The third-order valence-electron chi connectivity index (χ3n) is 3.65. The molecule has 4 nitrogen and oxygen atoms in total. The zero-order valence-electron chi connectivity index (χ0n) is 12.1. The summed E-state index contributed by atoms with van der Waals surface area (Å²) in [6.45, 7) is 9.32. The van der Waals surface area contributed by atoms with Gasteiger partial charge in [0.25, 0.3) is 0 Å². The minimum Gasteiger partial charge on any atom is -0.330 e. The van der Waals surface area contributed by atoms with Crippen LogP contribution >= 0.6 is 0 Å². The normalized spacial score (nSPS) is 20.4. The van der Waals surface area contributed by atoms with Crippen LogP contribution in [0.2, 0.25) is 0 Å². The SMILES string of the molecule is CC(C)(CN)CCCN1C(=O)CC(C)(C)CC1=O. The Labute approximate surface area is 110 Å². The van der Waals surface area contributed by atoms with Gasteiger partial charge in [0, 0.05) is 19.4 Å². The van der Waals surface area contributed by atoms with Crippen LogP contribution in [-0.2, 0) is 9.59 Å². The van der Waals surface area contributed by atoms with E-state index < -0.39 is 0 Å². The first-order valence-electron chi connectivity index (χ1n) is 6.70. The van der Waals surface area contributed by atoms with Crippen LogP contribution < -0.4 is 5.73 Å². The first-order valence-corrected chi connectivity index (χ1v) is 6.70. The summed E-state index contributed by atoms with van der Waals surface area (Å²) in [7, 11) is 0. The molecule has 0 aromatic rings. The highest BCUT2D eigenvalue weighted by Crippen LogP contribution is 2.32. The molecule has 1 rings (SSSR count). The molecule has 18 heavy (non-hydrogen) atoms. The van der Waals surface area contributed by atoms with Gasteiger partial charge in [0.2, 0.25) is 11.8 Å². The fourth-order valence-corrected chi connectivity index (χ4v) is 2.28. The summed E-state index contributed by atoms with van der Waals surface area (Å²) in [5, 5.41) is 0. The summed E-state index contributed by atoms with van der Waals surface area (Å²) in [4.78, 5) is 25.3. The van der Waals surface area contributed by atoms with E-state index in [1.807, 2.05) is 13.8 Å². The fourth-order valence-electron chi connectivity index (χ4n) is 2.28. The second-order valence-corrected chi connectivity index (χ2v) is 6.93. The average Bonchev–Trinajstić information content (AvgIpc) is 2.20. The molecular formula is C14H26N2O2. The van der Waals surface area contributed by atoms with Gasteiger partial charge in [-0.25, -0.2) is 0 Å². The van der Waals surface area contributed by atoms with E-state index in [0.717, 1.165) is 12.8 Å². The highest BCUT2D eigenvalue weighted by Gasteiger charge is 2.37. The molecule has 0 bridgehead atoms. The lowest BCUT2D eigenvalue weighted by molar-refractivity contribution is -0.152. The van der Waals surface area contributed by atoms with E-state index in [2.05, 4.69) is 13.8 Å². The molecule has 0 atom stereocenters. The van der Waals surface area contributed by atoms with Crippen LogP contribution in [0.3, 0.4) is 0 Å². The van der Waals surface area contributed by atoms with Gasteiger partial charge in [-0.05, 0) is 30.2 Å². The minimum atomic E-state index is -0.179. The molecule has 1 aliphatic rings. The smallest absolute Gasteiger partial charge is 0.229 e. The van der Waals surface area contributed by atoms with E-state index >= 15 is 0 Å². The summed E-state index contributed by atoms with van der Waals surface area (Å²) in [6, 6.07) is 0. The van der Waals surface area contributed by atoms with Gasteiger partial charge in [0.1, 0.15) is 0 Å². The molecule has 2 N–H and O–H groups in total. The number of amides is 2. The Morgan fingerprint density at radius 3 is 2.17 bits per heavy atom. The Hall–Kier alpha value is -0.900. The number of nitrogens with zero attached hydrogens (tertiary/aromatic N) is 1. The highest BCUT2D eigenvalue weighted by atomic mass is 16.2. The molecule has 1 saturated heterocycles. The van der Waals surface area contributed by atoms with Crippen molar-refractivity contribution in [2.45, 2.75) is 53.4 Å². The van der Waals surface area contributed by atoms with Crippen LogP contribution in [0.1, 0.15) is 53.4 Å². The molecule has 0 aliphatic carbocycles. The first-order chi connectivity index (χ1) is 8.17. The Balaban J connectivity index is 2.48. The van der Waals surface area contributed by atoms with Gasteiger partial charge in [-0.2, -0.15) is 0 Å². The van der Waals surface area contributed by atoms with Crippen molar-refractivity contribution in [3.05, 3.63) is 0 Å². The molecule has 104 valence electrons. The Morgan fingerprint density at radius 1 is 1.22 bits per heavy atom. The molecule has 0 unspecified atom stereocenters. The zero-order chi connectivity index (χ0) is 14.0. The molecule has 0 radical (unpaired) electrons. The lowest BCUT2D eigenvalue weighted by Crippen LogP contribution is -2.46. The second-order valence-electron chi connectivity index (χ2n) is 6.93. The van der Waals surface area contributed by atoms with Crippen LogP contribution in [0.25, 0.3) is 0 Å². The number of likely N-dealkylation sites (tertiary alicyclic amines) is 1. The van der Waals surface area contributed by atoms with Crippen molar-refractivity contribution < 1.29 is 9.59 Å². The Kier molecular flexibility index (Phi) is 4.54. The van der Waals surface area contributed by atoms with Crippen LogP contribution in [0, 0.1) is 10.8 Å². The number of piperidine rings is 1. The molecular weight excluding hydrogens is 228 g/mol. The van der Waals surface area contributed by atoms with Gasteiger partial charge in [-0.1, -0.05) is 27.7 Å². The first kappa shape index (κ1) is 15.2. The maximum absolute atomic E-state index is 11.9. The molecule has 4 heteroatoms. The summed E-state index contributed by atoms with van der Waals surface area (Å²) < 4.78 is 0. The lowest BCUT2D eigenvalue weighted by atomic mass is 9.81. The van der Waals surface area contributed by atoms with Crippen molar-refractivity contribution in [1.82, 2.24) is 4.90 Å². The number of carbonyl (C=O) groups is 2. The summed E-state index contributed by atoms with van der Waals surface area (Å²) >= 11 is 0. The molecule has 0 spiro atoms. The fraction of sp³-hybridized carbons (Fsp3) is 0.857. The number of imide groups is 1. The summed E-state index contributed by atoms with van der Waals surface area (Å²) in [5.41, 5.74) is 5.57. The number of carbonyl (C=O) groups excluding carboxylic acids is 2. The van der Waals surface area contributed by atoms with E-state index in [1.165, 1.54) is 4.90 Å². The van der Waals surface area contributed by atoms with Crippen molar-refractivity contribution >= 4 is 11.8 Å². The van der Waals surface area contributed by atoms with Crippen molar-refractivity contribution in [2.24, 2.45) is 16.6 Å². The van der Waals surface area contributed by atoms with Crippen molar-refractivity contribution in [1.29, 1.82) is 0 Å². The zero-order valence-corrected chi connectivity index (χ0v) is 12.1. The van der Waals surface area contributed by atoms with Gasteiger partial charge in [-0.15, -0.1) is 0 Å². The molecule has 0 saturated carbocycles. The Morgan fingerprint density at radius 2 is 1.72 bits per heavy atom. The number of nitrogens with two attached hydrogens (primary N) is 1. The second kappa shape index (κ2) is 5.39. The predicted molar refractivity (Wildman–Crippen MR) is 71.8 cm³/mol. The minimum absolute atomic E-state index is 0.0261. The van der Waals surface area contributed by atoms with Gasteiger partial charge in [0.05, 0.1) is 0 Å². The third-order valence-corrected chi connectivity index (χ3v) is 3.65. The largest absolute Gasteiger partial charge is 0.330 e. The van der Waals surface area contributed by atoms with Crippen LogP contribution in [-0.4, -0.2) is 29.8 Å². The van der Waals surface area contributed by atoms with Crippen LogP contribution in [0.5, 0.6) is 0 Å². The molecule has 2 amide bonds. The van der Waals surface area contributed by atoms with Crippen LogP contribution in [0.4, 0.5) is 0 Å². The number of hydrogen-bond donors (Lipinski definition) is 1. The maximum atomic E-state index is 11.9. The predicted octanol–water partition coefficient (Wildman–Crippen LogP) is 1.93. The number of hydrogen-bond acceptors (Lipinski definition) is 3. The summed E-state index contributed by atoms with van der Waals surface area (Å²) in [5.74, 6) is -0.0522. The average molecular weight is 254 g/mol. The van der Waals surface area contributed by atoms with E-state index in [-0.39, 0.29) is 22.6 Å². The van der Waals surface area contributed by atoms with Gasteiger partial charge < -0.3 is 5.73 Å².